The van der Waals surface area contributed by atoms with Crippen molar-refractivity contribution in [2.24, 2.45) is 0 Å². The highest BCUT2D eigenvalue weighted by molar-refractivity contribution is 5.67. The van der Waals surface area contributed by atoms with Crippen LogP contribution in [0.5, 0.6) is 5.75 Å². The first-order valence-electron chi connectivity index (χ1n) is 10.6. The quantitative estimate of drug-likeness (QED) is 0.492. The summed E-state index contributed by atoms with van der Waals surface area (Å²) in [6, 6.07) is 8.64. The molecule has 0 bridgehead atoms. The summed E-state index contributed by atoms with van der Waals surface area (Å²) in [6.07, 6.45) is -2.80. The van der Waals surface area contributed by atoms with Crippen LogP contribution in [0.4, 0.5) is 17.6 Å². The molecule has 8 heteroatoms. The summed E-state index contributed by atoms with van der Waals surface area (Å²) >= 11 is 0. The minimum atomic E-state index is -4.53. The van der Waals surface area contributed by atoms with Crippen molar-refractivity contribution in [1.82, 2.24) is 5.32 Å². The molecule has 0 spiro atoms. The highest BCUT2D eigenvalue weighted by atomic mass is 19.4. The van der Waals surface area contributed by atoms with Crippen molar-refractivity contribution in [3.63, 3.8) is 0 Å². The van der Waals surface area contributed by atoms with Crippen LogP contribution in [0.2, 0.25) is 0 Å². The average molecular weight is 453 g/mol. The van der Waals surface area contributed by atoms with Gasteiger partial charge in [0.1, 0.15) is 11.6 Å². The van der Waals surface area contributed by atoms with Crippen LogP contribution in [0.15, 0.2) is 36.4 Å². The molecule has 3 rings (SSSR count). The van der Waals surface area contributed by atoms with Crippen molar-refractivity contribution in [2.75, 3.05) is 7.11 Å². The molecule has 2 N–H and O–H groups in total. The molecule has 0 aliphatic heterocycles. The molecule has 1 fully saturated rings. The number of benzene rings is 2. The summed E-state index contributed by atoms with van der Waals surface area (Å²) in [7, 11) is 1.48. The second-order valence-electron chi connectivity index (χ2n) is 8.29. The predicted octanol–water partition coefficient (Wildman–Crippen LogP) is 5.86. The molecular weight excluding hydrogens is 426 g/mol. The van der Waals surface area contributed by atoms with Crippen molar-refractivity contribution >= 4 is 5.97 Å². The summed E-state index contributed by atoms with van der Waals surface area (Å²) in [5.41, 5.74) is 0.692. The maximum absolute atomic E-state index is 13.6. The zero-order chi connectivity index (χ0) is 23.5. The van der Waals surface area contributed by atoms with Crippen LogP contribution in [-0.2, 0) is 17.4 Å². The Balaban J connectivity index is 1.71. The zero-order valence-corrected chi connectivity index (χ0v) is 18.0. The first kappa shape index (κ1) is 24.0. The Hall–Kier alpha value is -2.61. The normalized spacial score (nSPS) is 19.7. The molecular formula is C24H27F4NO3. The summed E-state index contributed by atoms with van der Waals surface area (Å²) < 4.78 is 59.5. The minimum Gasteiger partial charge on any atom is -0.496 e. The van der Waals surface area contributed by atoms with E-state index in [9.17, 15) is 22.4 Å². The van der Waals surface area contributed by atoms with Gasteiger partial charge in [0.25, 0.3) is 0 Å². The van der Waals surface area contributed by atoms with Crippen molar-refractivity contribution < 1.29 is 32.2 Å². The number of ether oxygens (including phenoxy) is 1. The summed E-state index contributed by atoms with van der Waals surface area (Å²) in [4.78, 5) is 10.8. The van der Waals surface area contributed by atoms with Crippen LogP contribution in [-0.4, -0.2) is 24.2 Å². The van der Waals surface area contributed by atoms with Crippen molar-refractivity contribution in [1.29, 1.82) is 0 Å². The van der Waals surface area contributed by atoms with Gasteiger partial charge in [0, 0.05) is 30.1 Å². The lowest BCUT2D eigenvalue weighted by molar-refractivity contribution is -0.140. The molecule has 2 aromatic rings. The van der Waals surface area contributed by atoms with Gasteiger partial charge in [0.15, 0.2) is 0 Å². The number of halogens is 4. The van der Waals surface area contributed by atoms with Gasteiger partial charge in [-0.2, -0.15) is 13.2 Å². The lowest BCUT2D eigenvalue weighted by Crippen LogP contribution is -2.29. The summed E-state index contributed by atoms with van der Waals surface area (Å²) in [6.45, 7) is 1.95. The fourth-order valence-corrected chi connectivity index (χ4v) is 4.49. The van der Waals surface area contributed by atoms with Crippen molar-refractivity contribution in [3.8, 4) is 5.75 Å². The molecule has 0 amide bonds. The summed E-state index contributed by atoms with van der Waals surface area (Å²) in [5.74, 6) is -1.08. The molecule has 1 aliphatic rings. The SMILES string of the molecule is COc1cc(F)ccc1[C@H](C)N[C@@H]1CCC(c2ccc(CCC(=O)O)c(C(F)(F)F)c2)C1. The van der Waals surface area contributed by atoms with Gasteiger partial charge in [-0.05, 0) is 61.8 Å². The van der Waals surface area contributed by atoms with E-state index in [0.29, 0.717) is 17.7 Å². The highest BCUT2D eigenvalue weighted by Crippen LogP contribution is 2.40. The number of alkyl halides is 3. The lowest BCUT2D eigenvalue weighted by Gasteiger charge is -2.22. The third-order valence-corrected chi connectivity index (χ3v) is 6.10. The van der Waals surface area contributed by atoms with Crippen LogP contribution in [0.3, 0.4) is 0 Å². The van der Waals surface area contributed by atoms with E-state index in [4.69, 9.17) is 9.84 Å². The van der Waals surface area contributed by atoms with Gasteiger partial charge in [-0.1, -0.05) is 18.2 Å². The van der Waals surface area contributed by atoms with Gasteiger partial charge >= 0.3 is 12.1 Å². The Morgan fingerprint density at radius 3 is 2.62 bits per heavy atom. The van der Waals surface area contributed by atoms with Crippen molar-refractivity contribution in [2.45, 2.75) is 63.2 Å². The molecule has 0 heterocycles. The number of carboxylic acids is 1. The monoisotopic (exact) mass is 453 g/mol. The minimum absolute atomic E-state index is 0.00773. The fraction of sp³-hybridized carbons (Fsp3) is 0.458. The predicted molar refractivity (Wildman–Crippen MR) is 112 cm³/mol. The van der Waals surface area contributed by atoms with Gasteiger partial charge in [-0.25, -0.2) is 4.39 Å². The van der Waals surface area contributed by atoms with Crippen LogP contribution in [0.1, 0.15) is 66.8 Å². The maximum atomic E-state index is 13.6. The van der Waals surface area contributed by atoms with Gasteiger partial charge in [0.05, 0.1) is 12.7 Å². The number of carbonyl (C=O) groups is 1. The van der Waals surface area contributed by atoms with Gasteiger partial charge in [-0.3, -0.25) is 4.79 Å². The second kappa shape index (κ2) is 9.90. The van der Waals surface area contributed by atoms with Crippen LogP contribution in [0, 0.1) is 5.82 Å². The molecule has 2 aromatic carbocycles. The summed E-state index contributed by atoms with van der Waals surface area (Å²) in [5, 5.41) is 12.3. The van der Waals surface area contributed by atoms with E-state index in [2.05, 4.69) is 5.32 Å². The Kier molecular flexibility index (Phi) is 7.44. The first-order valence-corrected chi connectivity index (χ1v) is 10.6. The van der Waals surface area contributed by atoms with Gasteiger partial charge in [-0.15, -0.1) is 0 Å². The van der Waals surface area contributed by atoms with E-state index in [0.717, 1.165) is 18.4 Å². The molecule has 0 saturated heterocycles. The third-order valence-electron chi connectivity index (χ3n) is 6.10. The molecule has 3 atom stereocenters. The van der Waals surface area contributed by atoms with Gasteiger partial charge in [0.2, 0.25) is 0 Å². The number of carboxylic acid groups (broad SMARTS) is 1. The van der Waals surface area contributed by atoms with E-state index in [1.807, 2.05) is 6.92 Å². The Bertz CT molecular complexity index is 961. The smallest absolute Gasteiger partial charge is 0.416 e. The van der Waals surface area contributed by atoms with Gasteiger partial charge < -0.3 is 15.2 Å². The molecule has 4 nitrogen and oxygen atoms in total. The lowest BCUT2D eigenvalue weighted by atomic mass is 9.92. The van der Waals surface area contributed by atoms with Crippen LogP contribution in [0.25, 0.3) is 0 Å². The topological polar surface area (TPSA) is 58.6 Å². The van der Waals surface area contributed by atoms with E-state index in [1.54, 1.807) is 12.1 Å². The molecule has 0 aromatic heterocycles. The highest BCUT2D eigenvalue weighted by Gasteiger charge is 2.35. The maximum Gasteiger partial charge on any atom is 0.416 e. The zero-order valence-electron chi connectivity index (χ0n) is 18.0. The largest absolute Gasteiger partial charge is 0.496 e. The fourth-order valence-electron chi connectivity index (χ4n) is 4.49. The average Bonchev–Trinajstić information content (AvgIpc) is 3.19. The molecule has 174 valence electrons. The Morgan fingerprint density at radius 1 is 1.22 bits per heavy atom. The van der Waals surface area contributed by atoms with E-state index in [1.165, 1.54) is 31.4 Å². The van der Waals surface area contributed by atoms with E-state index in [-0.39, 0.29) is 42.2 Å². The Morgan fingerprint density at radius 2 is 1.97 bits per heavy atom. The second-order valence-corrected chi connectivity index (χ2v) is 8.29. The van der Waals surface area contributed by atoms with E-state index < -0.39 is 17.7 Å². The number of aryl methyl sites for hydroxylation is 1. The van der Waals surface area contributed by atoms with E-state index >= 15 is 0 Å². The third kappa shape index (κ3) is 5.79. The molecule has 1 unspecified atom stereocenters. The Labute approximate surface area is 184 Å². The number of nitrogens with one attached hydrogen (secondary N) is 1. The molecule has 0 radical (unpaired) electrons. The standard InChI is InChI=1S/C24H27F4NO3/c1-14(20-9-7-18(25)13-22(20)32-2)29-19-8-5-16(11-19)17-4-3-15(6-10-23(30)31)21(12-17)24(26,27)28/h3-4,7,9,12-14,16,19,29H,5-6,8,10-11H2,1-2H3,(H,30,31)/t14-,16?,19+/m0/s1. The molecule has 32 heavy (non-hydrogen) atoms. The molecule has 1 aliphatic carbocycles. The van der Waals surface area contributed by atoms with Crippen LogP contribution >= 0.6 is 0 Å². The number of aliphatic carboxylic acids is 1. The van der Waals surface area contributed by atoms with Crippen molar-refractivity contribution in [3.05, 3.63) is 64.5 Å². The molecule has 1 saturated carbocycles. The number of hydrogen-bond acceptors (Lipinski definition) is 3. The number of hydrogen-bond donors (Lipinski definition) is 2. The first-order chi connectivity index (χ1) is 15.1. The number of rotatable bonds is 8. The number of methoxy groups -OCH3 is 1. The van der Waals surface area contributed by atoms with Crippen LogP contribution < -0.4 is 10.1 Å².